The number of aromatic nitrogens is 3. The van der Waals surface area contributed by atoms with Crippen LogP contribution in [0.3, 0.4) is 0 Å². The molecule has 0 saturated carbocycles. The second-order valence-corrected chi connectivity index (χ2v) is 15.9. The average molecular weight is 710 g/mol. The van der Waals surface area contributed by atoms with Crippen LogP contribution in [0, 0.1) is 0 Å². The van der Waals surface area contributed by atoms with Gasteiger partial charge in [0, 0.05) is 52.2 Å². The number of benzene rings is 8. The van der Waals surface area contributed by atoms with Crippen molar-refractivity contribution < 1.29 is 0 Å². The van der Waals surface area contributed by atoms with Crippen molar-refractivity contribution in [1.29, 1.82) is 0 Å². The summed E-state index contributed by atoms with van der Waals surface area (Å²) in [6.45, 7) is 0. The van der Waals surface area contributed by atoms with E-state index in [1.165, 1.54) is 79.3 Å². The summed E-state index contributed by atoms with van der Waals surface area (Å²) in [7, 11) is 0. The number of rotatable bonds is 3. The first-order chi connectivity index (χ1) is 26.3. The summed E-state index contributed by atoms with van der Waals surface area (Å²) in [5.74, 6) is 0.748. The Labute approximate surface area is 311 Å². The Morgan fingerprint density at radius 1 is 0.415 bits per heavy atom. The number of para-hydroxylation sites is 1. The molecule has 4 heterocycles. The summed E-state index contributed by atoms with van der Waals surface area (Å²) >= 11 is 3.61. The fourth-order valence-electron chi connectivity index (χ4n) is 8.38. The van der Waals surface area contributed by atoms with Gasteiger partial charge in [-0.25, -0.2) is 9.97 Å². The Bertz CT molecular complexity index is 3480. The molecule has 53 heavy (non-hydrogen) atoms. The fourth-order valence-corrected chi connectivity index (χ4v) is 10.7. The van der Waals surface area contributed by atoms with Gasteiger partial charge in [0.15, 0.2) is 5.82 Å². The Balaban J connectivity index is 1.09. The highest BCUT2D eigenvalue weighted by atomic mass is 32.1. The van der Waals surface area contributed by atoms with E-state index >= 15 is 0 Å². The summed E-state index contributed by atoms with van der Waals surface area (Å²) in [6, 6.07) is 59.4. The molecule has 0 radical (unpaired) electrons. The van der Waals surface area contributed by atoms with E-state index in [1.54, 1.807) is 11.3 Å². The van der Waals surface area contributed by atoms with Crippen molar-refractivity contribution >= 4 is 106 Å². The molecular weight excluding hydrogens is 683 g/mol. The standard InChI is InChI=1S/C48H27N3S2/c1-2-12-30-26-31(21-20-28(30)10-1)45-47-46(36-15-6-8-18-40(36)53-47)50-48(49-45)32-22-24-35-42(27-32)52-41-19-9-17-38(44(35)41)51-37-16-7-5-14-34(37)43-33-13-4-3-11-29(33)23-25-39(43)51/h1-27H. The van der Waals surface area contributed by atoms with Crippen molar-refractivity contribution in [2.45, 2.75) is 0 Å². The Kier molecular flexibility index (Phi) is 6.09. The zero-order valence-electron chi connectivity index (χ0n) is 28.2. The monoisotopic (exact) mass is 709 g/mol. The van der Waals surface area contributed by atoms with Crippen LogP contribution in [0.5, 0.6) is 0 Å². The molecule has 0 atom stereocenters. The van der Waals surface area contributed by atoms with Gasteiger partial charge in [-0.15, -0.1) is 22.7 Å². The van der Waals surface area contributed by atoms with Crippen LogP contribution in [0.15, 0.2) is 164 Å². The van der Waals surface area contributed by atoms with Crippen LogP contribution in [-0.2, 0) is 0 Å². The van der Waals surface area contributed by atoms with Gasteiger partial charge in [-0.3, -0.25) is 0 Å². The fraction of sp³-hybridized carbons (Fsp3) is 0. The molecule has 5 heteroatoms. The minimum atomic E-state index is 0.748. The molecule has 0 aliphatic carbocycles. The van der Waals surface area contributed by atoms with Gasteiger partial charge < -0.3 is 4.57 Å². The lowest BCUT2D eigenvalue weighted by Gasteiger charge is -2.11. The second-order valence-electron chi connectivity index (χ2n) is 13.7. The third kappa shape index (κ3) is 4.26. The summed E-state index contributed by atoms with van der Waals surface area (Å²) in [4.78, 5) is 10.6. The first-order valence-electron chi connectivity index (χ1n) is 17.8. The molecule has 0 bridgehead atoms. The molecule has 12 aromatic rings. The van der Waals surface area contributed by atoms with Crippen molar-refractivity contribution in [1.82, 2.24) is 14.5 Å². The van der Waals surface area contributed by atoms with Crippen LogP contribution in [0.2, 0.25) is 0 Å². The summed E-state index contributed by atoms with van der Waals surface area (Å²) < 4.78 is 7.30. The minimum absolute atomic E-state index is 0.748. The molecule has 0 spiro atoms. The third-order valence-electron chi connectivity index (χ3n) is 10.8. The van der Waals surface area contributed by atoms with Gasteiger partial charge in [0.1, 0.15) is 0 Å². The molecule has 0 N–H and O–H groups in total. The predicted octanol–water partition coefficient (Wildman–Crippen LogP) is 13.9. The topological polar surface area (TPSA) is 30.7 Å². The largest absolute Gasteiger partial charge is 0.309 e. The molecular formula is C48H27N3S2. The maximum atomic E-state index is 5.36. The van der Waals surface area contributed by atoms with Crippen LogP contribution >= 0.6 is 22.7 Å². The van der Waals surface area contributed by atoms with E-state index in [1.807, 2.05) is 11.3 Å². The number of hydrogen-bond acceptors (Lipinski definition) is 4. The maximum absolute atomic E-state index is 5.36. The first kappa shape index (κ1) is 29.2. The van der Waals surface area contributed by atoms with Crippen molar-refractivity contribution in [3.05, 3.63) is 164 Å². The van der Waals surface area contributed by atoms with Crippen LogP contribution < -0.4 is 0 Å². The molecule has 4 aromatic heterocycles. The number of fused-ring (bicyclic) bond motifs is 12. The van der Waals surface area contributed by atoms with E-state index in [2.05, 4.69) is 168 Å². The van der Waals surface area contributed by atoms with E-state index in [0.717, 1.165) is 32.9 Å². The Morgan fingerprint density at radius 3 is 2.08 bits per heavy atom. The summed E-state index contributed by atoms with van der Waals surface area (Å²) in [5.41, 5.74) is 7.76. The number of thiophene rings is 2. The number of hydrogen-bond donors (Lipinski definition) is 0. The summed E-state index contributed by atoms with van der Waals surface area (Å²) in [6.07, 6.45) is 0. The molecule has 246 valence electrons. The lowest BCUT2D eigenvalue weighted by molar-refractivity contribution is 1.20. The molecule has 0 saturated heterocycles. The predicted molar refractivity (Wildman–Crippen MR) is 228 cm³/mol. The Morgan fingerprint density at radius 2 is 1.15 bits per heavy atom. The smallest absolute Gasteiger partial charge is 0.160 e. The highest BCUT2D eigenvalue weighted by molar-refractivity contribution is 7.26. The molecule has 3 nitrogen and oxygen atoms in total. The van der Waals surface area contributed by atoms with Gasteiger partial charge in [-0.05, 0) is 64.0 Å². The van der Waals surface area contributed by atoms with Crippen LogP contribution in [-0.4, -0.2) is 14.5 Å². The zero-order chi connectivity index (χ0) is 34.6. The van der Waals surface area contributed by atoms with E-state index in [4.69, 9.17) is 9.97 Å². The molecule has 0 aliphatic heterocycles. The lowest BCUT2D eigenvalue weighted by Crippen LogP contribution is -1.95. The molecule has 8 aromatic carbocycles. The second kappa shape index (κ2) is 11.1. The van der Waals surface area contributed by atoms with Crippen LogP contribution in [0.25, 0.3) is 112 Å². The SMILES string of the molecule is c1ccc2cc(-c3nc(-c4ccc5c(c4)sc4cccc(-n6c7ccccc7c7c8ccccc8ccc76)c45)nc4c3sc3ccccc34)ccc2c1. The minimum Gasteiger partial charge on any atom is -0.309 e. The van der Waals surface area contributed by atoms with Crippen molar-refractivity contribution in [3.8, 4) is 28.3 Å². The molecule has 0 fully saturated rings. The van der Waals surface area contributed by atoms with E-state index in [-0.39, 0.29) is 0 Å². The van der Waals surface area contributed by atoms with Gasteiger partial charge in [-0.1, -0.05) is 121 Å². The van der Waals surface area contributed by atoms with Crippen LogP contribution in [0.1, 0.15) is 0 Å². The van der Waals surface area contributed by atoms with Crippen molar-refractivity contribution in [2.24, 2.45) is 0 Å². The molecule has 0 unspecified atom stereocenters. The highest BCUT2D eigenvalue weighted by Crippen LogP contribution is 2.44. The zero-order valence-corrected chi connectivity index (χ0v) is 29.9. The van der Waals surface area contributed by atoms with Gasteiger partial charge in [0.05, 0.1) is 32.6 Å². The van der Waals surface area contributed by atoms with Gasteiger partial charge in [0.25, 0.3) is 0 Å². The number of nitrogens with zero attached hydrogens (tertiary/aromatic N) is 3. The van der Waals surface area contributed by atoms with Gasteiger partial charge in [-0.2, -0.15) is 0 Å². The first-order valence-corrected chi connectivity index (χ1v) is 19.5. The summed E-state index contributed by atoms with van der Waals surface area (Å²) in [5, 5.41) is 11.2. The quantitative estimate of drug-likeness (QED) is 0.183. The highest BCUT2D eigenvalue weighted by Gasteiger charge is 2.20. The lowest BCUT2D eigenvalue weighted by atomic mass is 10.0. The Hall–Kier alpha value is -6.40. The van der Waals surface area contributed by atoms with Gasteiger partial charge >= 0.3 is 0 Å². The van der Waals surface area contributed by atoms with E-state index in [0.29, 0.717) is 0 Å². The maximum Gasteiger partial charge on any atom is 0.160 e. The van der Waals surface area contributed by atoms with Crippen molar-refractivity contribution in [3.63, 3.8) is 0 Å². The van der Waals surface area contributed by atoms with Crippen molar-refractivity contribution in [2.75, 3.05) is 0 Å². The third-order valence-corrected chi connectivity index (χ3v) is 13.1. The average Bonchev–Trinajstić information content (AvgIpc) is 3.89. The van der Waals surface area contributed by atoms with Crippen LogP contribution in [0.4, 0.5) is 0 Å². The van der Waals surface area contributed by atoms with Gasteiger partial charge in [0.2, 0.25) is 0 Å². The molecule has 0 aliphatic rings. The normalized spacial score (nSPS) is 12.2. The molecule has 0 amide bonds. The van der Waals surface area contributed by atoms with E-state index in [9.17, 15) is 0 Å². The van der Waals surface area contributed by atoms with E-state index < -0.39 is 0 Å². The molecule has 12 rings (SSSR count).